The highest BCUT2D eigenvalue weighted by molar-refractivity contribution is 7.10. The van der Waals surface area contributed by atoms with E-state index < -0.39 is 0 Å². The molecular formula is C15H19NO3S. The Balaban J connectivity index is 2.06. The predicted molar refractivity (Wildman–Crippen MR) is 78.3 cm³/mol. The maximum Gasteiger partial charge on any atom is 0.333 e. The van der Waals surface area contributed by atoms with Gasteiger partial charge in [-0.05, 0) is 25.3 Å². The van der Waals surface area contributed by atoms with Crippen molar-refractivity contribution in [3.05, 3.63) is 34.0 Å². The Kier molecular flexibility index (Phi) is 4.60. The molecule has 1 amide bonds. The second-order valence-electron chi connectivity index (χ2n) is 5.00. The fraction of sp³-hybridized carbons (Fsp3) is 0.467. The van der Waals surface area contributed by atoms with E-state index in [2.05, 4.69) is 0 Å². The highest BCUT2D eigenvalue weighted by Gasteiger charge is 2.39. The van der Waals surface area contributed by atoms with Crippen molar-refractivity contribution in [1.82, 2.24) is 4.90 Å². The van der Waals surface area contributed by atoms with Crippen LogP contribution in [-0.2, 0) is 14.3 Å². The SMILES string of the molecule is C/C=C(/C)C(=O)OC[C@@H]1CC(=O)N(C)[C@@H]1c1cccs1. The van der Waals surface area contributed by atoms with Gasteiger partial charge in [0, 0.05) is 29.8 Å². The molecule has 0 unspecified atom stereocenters. The lowest BCUT2D eigenvalue weighted by Gasteiger charge is -2.23. The Bertz CT molecular complexity index is 521. The minimum Gasteiger partial charge on any atom is -0.462 e. The number of hydrogen-bond donors (Lipinski definition) is 0. The summed E-state index contributed by atoms with van der Waals surface area (Å²) in [6.45, 7) is 3.81. The lowest BCUT2D eigenvalue weighted by atomic mass is 10.00. The summed E-state index contributed by atoms with van der Waals surface area (Å²) in [4.78, 5) is 26.5. The van der Waals surface area contributed by atoms with Gasteiger partial charge in [-0.2, -0.15) is 0 Å². The van der Waals surface area contributed by atoms with Crippen molar-refractivity contribution >= 4 is 23.2 Å². The van der Waals surface area contributed by atoms with Gasteiger partial charge in [0.25, 0.3) is 0 Å². The van der Waals surface area contributed by atoms with Crippen LogP contribution in [0.5, 0.6) is 0 Å². The van der Waals surface area contributed by atoms with Gasteiger partial charge in [0.15, 0.2) is 0 Å². The van der Waals surface area contributed by atoms with Crippen LogP contribution in [0, 0.1) is 5.92 Å². The molecule has 0 radical (unpaired) electrons. The summed E-state index contributed by atoms with van der Waals surface area (Å²) in [6, 6.07) is 4.02. The Morgan fingerprint density at radius 2 is 2.35 bits per heavy atom. The lowest BCUT2D eigenvalue weighted by molar-refractivity contribution is -0.140. The molecule has 2 rings (SSSR count). The number of allylic oxidation sites excluding steroid dienone is 1. The average Bonchev–Trinajstić information content (AvgIpc) is 3.04. The Morgan fingerprint density at radius 3 is 2.95 bits per heavy atom. The number of amides is 1. The predicted octanol–water partition coefficient (Wildman–Crippen LogP) is 2.78. The normalized spacial score (nSPS) is 23.2. The van der Waals surface area contributed by atoms with Gasteiger partial charge in [0.05, 0.1) is 12.6 Å². The van der Waals surface area contributed by atoms with Gasteiger partial charge in [-0.1, -0.05) is 12.1 Å². The molecule has 1 saturated heterocycles. The first kappa shape index (κ1) is 14.8. The second kappa shape index (κ2) is 6.22. The first-order valence-corrected chi connectivity index (χ1v) is 7.51. The number of rotatable bonds is 4. The molecule has 0 bridgehead atoms. The molecule has 2 atom stereocenters. The Hall–Kier alpha value is -1.62. The van der Waals surface area contributed by atoms with Crippen molar-refractivity contribution in [2.24, 2.45) is 5.92 Å². The summed E-state index contributed by atoms with van der Waals surface area (Å²) < 4.78 is 5.32. The molecule has 1 aliphatic heterocycles. The number of thiophene rings is 1. The van der Waals surface area contributed by atoms with Gasteiger partial charge in [-0.3, -0.25) is 4.79 Å². The maximum absolute atomic E-state index is 11.9. The van der Waals surface area contributed by atoms with Gasteiger partial charge >= 0.3 is 5.97 Å². The van der Waals surface area contributed by atoms with Crippen LogP contribution in [0.4, 0.5) is 0 Å². The quantitative estimate of drug-likeness (QED) is 0.633. The first-order valence-electron chi connectivity index (χ1n) is 6.63. The highest BCUT2D eigenvalue weighted by Crippen LogP contribution is 2.39. The van der Waals surface area contributed by atoms with Crippen molar-refractivity contribution in [3.8, 4) is 0 Å². The number of carbonyl (C=O) groups excluding carboxylic acids is 2. The smallest absolute Gasteiger partial charge is 0.333 e. The van der Waals surface area contributed by atoms with Crippen molar-refractivity contribution in [2.75, 3.05) is 13.7 Å². The number of ether oxygens (including phenoxy) is 1. The molecule has 0 spiro atoms. The maximum atomic E-state index is 11.9. The van der Waals surface area contributed by atoms with Gasteiger partial charge in [-0.15, -0.1) is 11.3 Å². The van der Waals surface area contributed by atoms with Gasteiger partial charge < -0.3 is 9.64 Å². The summed E-state index contributed by atoms with van der Waals surface area (Å²) in [5, 5.41) is 2.00. The lowest BCUT2D eigenvalue weighted by Crippen LogP contribution is -2.25. The third kappa shape index (κ3) is 2.93. The van der Waals surface area contributed by atoms with Crippen molar-refractivity contribution in [3.63, 3.8) is 0 Å². The summed E-state index contributed by atoms with van der Waals surface area (Å²) >= 11 is 1.63. The molecule has 5 heteroatoms. The minimum absolute atomic E-state index is 0.0150. The van der Waals surface area contributed by atoms with Crippen LogP contribution in [0.3, 0.4) is 0 Å². The van der Waals surface area contributed by atoms with Crippen molar-refractivity contribution in [2.45, 2.75) is 26.3 Å². The van der Waals surface area contributed by atoms with E-state index in [-0.39, 0.29) is 30.4 Å². The molecular weight excluding hydrogens is 274 g/mol. The molecule has 2 heterocycles. The molecule has 1 fully saturated rings. The fourth-order valence-corrected chi connectivity index (χ4v) is 3.36. The van der Waals surface area contributed by atoms with E-state index in [1.165, 1.54) is 0 Å². The van der Waals surface area contributed by atoms with Gasteiger partial charge in [0.1, 0.15) is 0 Å². The van der Waals surface area contributed by atoms with Crippen LogP contribution in [0.2, 0.25) is 0 Å². The van der Waals surface area contributed by atoms with Crippen LogP contribution in [0.15, 0.2) is 29.2 Å². The van der Waals surface area contributed by atoms with Crippen LogP contribution >= 0.6 is 11.3 Å². The van der Waals surface area contributed by atoms with Crippen molar-refractivity contribution < 1.29 is 14.3 Å². The van der Waals surface area contributed by atoms with Crippen LogP contribution in [0.25, 0.3) is 0 Å². The molecule has 0 saturated carbocycles. The Labute approximate surface area is 123 Å². The topological polar surface area (TPSA) is 46.6 Å². The number of hydrogen-bond acceptors (Lipinski definition) is 4. The third-order valence-corrected chi connectivity index (χ3v) is 4.66. The highest BCUT2D eigenvalue weighted by atomic mass is 32.1. The number of esters is 1. The molecule has 20 heavy (non-hydrogen) atoms. The molecule has 0 N–H and O–H groups in total. The number of carbonyl (C=O) groups is 2. The van der Waals surface area contributed by atoms with E-state index in [0.29, 0.717) is 12.0 Å². The van der Waals surface area contributed by atoms with E-state index in [1.54, 1.807) is 36.2 Å². The summed E-state index contributed by atoms with van der Waals surface area (Å²) in [5.41, 5.74) is 0.593. The number of likely N-dealkylation sites (tertiary alicyclic amines) is 1. The monoisotopic (exact) mass is 293 g/mol. The molecule has 4 nitrogen and oxygen atoms in total. The average molecular weight is 293 g/mol. The zero-order valence-electron chi connectivity index (χ0n) is 12.0. The van der Waals surface area contributed by atoms with E-state index in [4.69, 9.17) is 4.74 Å². The molecule has 0 aromatic carbocycles. The molecule has 1 aromatic heterocycles. The van der Waals surface area contributed by atoms with Gasteiger partial charge in [-0.25, -0.2) is 4.79 Å². The van der Waals surface area contributed by atoms with Gasteiger partial charge in [0.2, 0.25) is 5.91 Å². The summed E-state index contributed by atoms with van der Waals surface area (Å²) in [6.07, 6.45) is 2.16. The van der Waals surface area contributed by atoms with E-state index >= 15 is 0 Å². The van der Waals surface area contributed by atoms with Crippen LogP contribution in [-0.4, -0.2) is 30.4 Å². The molecule has 1 aliphatic rings. The van der Waals surface area contributed by atoms with E-state index in [1.807, 2.05) is 24.6 Å². The molecule has 108 valence electrons. The largest absolute Gasteiger partial charge is 0.462 e. The van der Waals surface area contributed by atoms with Crippen LogP contribution < -0.4 is 0 Å². The zero-order valence-corrected chi connectivity index (χ0v) is 12.8. The van der Waals surface area contributed by atoms with E-state index in [0.717, 1.165) is 4.88 Å². The van der Waals surface area contributed by atoms with E-state index in [9.17, 15) is 9.59 Å². The molecule has 0 aliphatic carbocycles. The summed E-state index contributed by atoms with van der Waals surface area (Å²) in [5.74, 6) is -0.175. The van der Waals surface area contributed by atoms with Crippen molar-refractivity contribution in [1.29, 1.82) is 0 Å². The standard InChI is InChI=1S/C15H19NO3S/c1-4-10(2)15(18)19-9-11-8-13(17)16(3)14(11)12-6-5-7-20-12/h4-7,11,14H,8-9H2,1-3H3/b10-4-/t11-,14-/m0/s1. The third-order valence-electron chi connectivity index (χ3n) is 3.71. The Morgan fingerprint density at radius 1 is 1.60 bits per heavy atom. The zero-order chi connectivity index (χ0) is 14.7. The molecule has 1 aromatic rings. The van der Waals surface area contributed by atoms with Crippen LogP contribution in [0.1, 0.15) is 31.2 Å². The minimum atomic E-state index is -0.306. The number of nitrogens with zero attached hydrogens (tertiary/aromatic N) is 1. The second-order valence-corrected chi connectivity index (χ2v) is 5.98. The fourth-order valence-electron chi connectivity index (χ4n) is 2.40. The first-order chi connectivity index (χ1) is 9.54. The summed E-state index contributed by atoms with van der Waals surface area (Å²) in [7, 11) is 1.81.